The third-order valence-electron chi connectivity index (χ3n) is 3.38. The zero-order valence-electron chi connectivity index (χ0n) is 12.5. The van der Waals surface area contributed by atoms with Crippen molar-refractivity contribution in [3.63, 3.8) is 0 Å². The second-order valence-corrected chi connectivity index (χ2v) is 5.39. The van der Waals surface area contributed by atoms with Crippen LogP contribution in [-0.4, -0.2) is 13.1 Å². The smallest absolute Gasteiger partial charge is 0.0170 e. The van der Waals surface area contributed by atoms with E-state index in [1.54, 1.807) is 0 Å². The van der Waals surface area contributed by atoms with Gasteiger partial charge in [0, 0.05) is 6.54 Å². The lowest BCUT2D eigenvalue weighted by Crippen LogP contribution is -2.19. The van der Waals surface area contributed by atoms with E-state index in [4.69, 9.17) is 0 Å². The van der Waals surface area contributed by atoms with Gasteiger partial charge in [-0.3, -0.25) is 0 Å². The molecule has 0 aliphatic carbocycles. The summed E-state index contributed by atoms with van der Waals surface area (Å²) < 4.78 is 0. The molecular weight excluding hydrogens is 218 g/mol. The van der Waals surface area contributed by atoms with Crippen molar-refractivity contribution in [2.75, 3.05) is 13.1 Å². The first-order valence-electron chi connectivity index (χ1n) is 7.03. The lowest BCUT2D eigenvalue weighted by atomic mass is 9.98. The molecule has 0 heterocycles. The number of nitrogens with one attached hydrogen (secondary N) is 1. The lowest BCUT2D eigenvalue weighted by molar-refractivity contribution is 0.657. The molecule has 100 valence electrons. The van der Waals surface area contributed by atoms with Gasteiger partial charge >= 0.3 is 0 Å². The van der Waals surface area contributed by atoms with E-state index >= 15 is 0 Å². The molecule has 0 unspecified atom stereocenters. The minimum Gasteiger partial charge on any atom is -0.313 e. The Kier molecular flexibility index (Phi) is 6.14. The van der Waals surface area contributed by atoms with Crippen LogP contribution < -0.4 is 5.32 Å². The summed E-state index contributed by atoms with van der Waals surface area (Å²) in [6.45, 7) is 13.2. The van der Waals surface area contributed by atoms with Crippen molar-refractivity contribution < 1.29 is 0 Å². The molecule has 0 saturated heterocycles. The number of rotatable bonds is 6. The predicted octanol–water partition coefficient (Wildman–Crippen LogP) is 4.34. The van der Waals surface area contributed by atoms with Crippen molar-refractivity contribution in [1.29, 1.82) is 0 Å². The zero-order chi connectivity index (χ0) is 13.5. The Labute approximate surface area is 112 Å². The Morgan fingerprint density at radius 1 is 1.22 bits per heavy atom. The monoisotopic (exact) mass is 245 g/mol. The van der Waals surface area contributed by atoms with E-state index in [2.05, 4.69) is 64.2 Å². The summed E-state index contributed by atoms with van der Waals surface area (Å²) in [5.41, 5.74) is 5.53. The van der Waals surface area contributed by atoms with Gasteiger partial charge < -0.3 is 5.32 Å². The van der Waals surface area contributed by atoms with Crippen LogP contribution in [0.25, 0.3) is 6.08 Å². The average Bonchev–Trinajstić information content (AvgIpc) is 2.32. The maximum atomic E-state index is 3.49. The second kappa shape index (κ2) is 7.38. The van der Waals surface area contributed by atoms with Gasteiger partial charge in [-0.15, -0.1) is 0 Å². The first kappa shape index (κ1) is 15.0. The SMILES string of the molecule is CCCNCC(=Cc1ccc(C)c(C)c1)C(C)C. The summed E-state index contributed by atoms with van der Waals surface area (Å²) in [6, 6.07) is 6.70. The summed E-state index contributed by atoms with van der Waals surface area (Å²) in [6.07, 6.45) is 3.52. The van der Waals surface area contributed by atoms with Crippen LogP contribution >= 0.6 is 0 Å². The number of benzene rings is 1. The predicted molar refractivity (Wildman–Crippen MR) is 81.9 cm³/mol. The third kappa shape index (κ3) is 4.66. The minimum atomic E-state index is 0.593. The number of hydrogen-bond acceptors (Lipinski definition) is 1. The molecule has 1 nitrogen and oxygen atoms in total. The fraction of sp³-hybridized carbons (Fsp3) is 0.529. The van der Waals surface area contributed by atoms with Crippen molar-refractivity contribution >= 4 is 6.08 Å². The molecule has 0 aliphatic rings. The van der Waals surface area contributed by atoms with E-state index in [-0.39, 0.29) is 0 Å². The van der Waals surface area contributed by atoms with Crippen molar-refractivity contribution in [3.8, 4) is 0 Å². The first-order chi connectivity index (χ1) is 8.54. The normalized spacial score (nSPS) is 12.2. The molecule has 1 rings (SSSR count). The first-order valence-corrected chi connectivity index (χ1v) is 7.03. The van der Waals surface area contributed by atoms with Crippen molar-refractivity contribution in [2.45, 2.75) is 41.0 Å². The highest BCUT2D eigenvalue weighted by atomic mass is 14.8. The molecule has 0 aliphatic heterocycles. The van der Waals surface area contributed by atoms with Gasteiger partial charge in [0.25, 0.3) is 0 Å². The fourth-order valence-electron chi connectivity index (χ4n) is 1.90. The molecule has 0 spiro atoms. The third-order valence-corrected chi connectivity index (χ3v) is 3.38. The van der Waals surface area contributed by atoms with Crippen molar-refractivity contribution in [1.82, 2.24) is 5.32 Å². The molecule has 1 heteroatoms. The van der Waals surface area contributed by atoms with Crippen LogP contribution in [0.3, 0.4) is 0 Å². The quantitative estimate of drug-likeness (QED) is 0.735. The van der Waals surface area contributed by atoms with Gasteiger partial charge in [-0.05, 0) is 49.4 Å². The Bertz CT molecular complexity index is 402. The Morgan fingerprint density at radius 3 is 2.50 bits per heavy atom. The molecule has 0 radical (unpaired) electrons. The van der Waals surface area contributed by atoms with Crippen LogP contribution in [0, 0.1) is 19.8 Å². The minimum absolute atomic E-state index is 0.593. The van der Waals surface area contributed by atoms with Gasteiger partial charge in [0.05, 0.1) is 0 Å². The maximum absolute atomic E-state index is 3.49. The van der Waals surface area contributed by atoms with E-state index < -0.39 is 0 Å². The summed E-state index contributed by atoms with van der Waals surface area (Å²) in [4.78, 5) is 0. The topological polar surface area (TPSA) is 12.0 Å². The zero-order valence-corrected chi connectivity index (χ0v) is 12.5. The molecule has 18 heavy (non-hydrogen) atoms. The molecule has 1 aromatic carbocycles. The van der Waals surface area contributed by atoms with E-state index in [1.165, 1.54) is 28.7 Å². The molecule has 1 N–H and O–H groups in total. The highest BCUT2D eigenvalue weighted by Crippen LogP contribution is 2.17. The fourth-order valence-corrected chi connectivity index (χ4v) is 1.90. The second-order valence-electron chi connectivity index (χ2n) is 5.39. The van der Waals surface area contributed by atoms with Gasteiger partial charge in [0.2, 0.25) is 0 Å². The van der Waals surface area contributed by atoms with Crippen LogP contribution in [0.5, 0.6) is 0 Å². The van der Waals surface area contributed by atoms with Crippen molar-refractivity contribution in [3.05, 3.63) is 40.5 Å². The van der Waals surface area contributed by atoms with E-state index in [1.807, 2.05) is 0 Å². The lowest BCUT2D eigenvalue weighted by Gasteiger charge is -2.13. The molecule has 0 amide bonds. The van der Waals surface area contributed by atoms with E-state index in [9.17, 15) is 0 Å². The van der Waals surface area contributed by atoms with Crippen LogP contribution in [0.1, 0.15) is 43.9 Å². The molecule has 0 bridgehead atoms. The Morgan fingerprint density at radius 2 is 1.94 bits per heavy atom. The number of aryl methyl sites for hydroxylation is 2. The average molecular weight is 245 g/mol. The summed E-state index contributed by atoms with van der Waals surface area (Å²) in [5.74, 6) is 0.593. The van der Waals surface area contributed by atoms with Crippen LogP contribution in [0.4, 0.5) is 0 Å². The highest BCUT2D eigenvalue weighted by Gasteiger charge is 2.03. The van der Waals surface area contributed by atoms with Gasteiger partial charge in [-0.1, -0.05) is 50.6 Å². The molecule has 1 aromatic rings. The number of hydrogen-bond donors (Lipinski definition) is 1. The Balaban J connectivity index is 2.83. The Hall–Kier alpha value is -1.08. The summed E-state index contributed by atoms with van der Waals surface area (Å²) in [5, 5.41) is 3.49. The van der Waals surface area contributed by atoms with Crippen LogP contribution in [0.2, 0.25) is 0 Å². The van der Waals surface area contributed by atoms with Gasteiger partial charge in [-0.25, -0.2) is 0 Å². The van der Waals surface area contributed by atoms with Gasteiger partial charge in [0.15, 0.2) is 0 Å². The van der Waals surface area contributed by atoms with Crippen LogP contribution in [0.15, 0.2) is 23.8 Å². The molecule has 0 atom stereocenters. The van der Waals surface area contributed by atoms with Crippen LogP contribution in [-0.2, 0) is 0 Å². The van der Waals surface area contributed by atoms with E-state index in [0.717, 1.165) is 13.1 Å². The van der Waals surface area contributed by atoms with E-state index in [0.29, 0.717) is 5.92 Å². The maximum Gasteiger partial charge on any atom is 0.0170 e. The molecular formula is C17H27N. The largest absolute Gasteiger partial charge is 0.313 e. The van der Waals surface area contributed by atoms with Crippen molar-refractivity contribution in [2.24, 2.45) is 5.92 Å². The molecule has 0 fully saturated rings. The van der Waals surface area contributed by atoms with Gasteiger partial charge in [-0.2, -0.15) is 0 Å². The molecule has 0 aromatic heterocycles. The summed E-state index contributed by atoms with van der Waals surface area (Å²) >= 11 is 0. The van der Waals surface area contributed by atoms with Gasteiger partial charge in [0.1, 0.15) is 0 Å². The highest BCUT2D eigenvalue weighted by molar-refractivity contribution is 5.55. The molecule has 0 saturated carbocycles. The summed E-state index contributed by atoms with van der Waals surface area (Å²) in [7, 11) is 0. The standard InChI is InChI=1S/C17H27N/c1-6-9-18-12-17(13(2)3)11-16-8-7-14(4)15(5)10-16/h7-8,10-11,13,18H,6,9,12H2,1-5H3.